The van der Waals surface area contributed by atoms with Gasteiger partial charge >= 0.3 is 6.09 Å². The number of amides is 1. The first-order valence-electron chi connectivity index (χ1n) is 9.73. The smallest absolute Gasteiger partial charge is 0.410 e. The molecule has 144 valence electrons. The molecule has 0 aromatic rings. The molecular weight excluding hydrogens is 328 g/mol. The molecule has 0 aromatic heterocycles. The van der Waals surface area contributed by atoms with Crippen molar-refractivity contribution in [2.24, 2.45) is 23.7 Å². The van der Waals surface area contributed by atoms with Gasteiger partial charge in [-0.3, -0.25) is 4.90 Å². The Morgan fingerprint density at radius 1 is 1.16 bits per heavy atom. The van der Waals surface area contributed by atoms with Crippen LogP contribution >= 0.6 is 0 Å². The number of halogens is 2. The maximum atomic E-state index is 12.3. The Bertz CT molecular complexity index is 476. The van der Waals surface area contributed by atoms with Crippen molar-refractivity contribution in [2.75, 3.05) is 13.2 Å². The number of fused-ring (bicyclic) bond motifs is 1. The van der Waals surface area contributed by atoms with E-state index in [4.69, 9.17) is 9.47 Å². The summed E-state index contributed by atoms with van der Waals surface area (Å²) in [4.78, 5) is 14.1. The molecule has 25 heavy (non-hydrogen) atoms. The largest absolute Gasteiger partial charge is 0.449 e. The quantitative estimate of drug-likeness (QED) is 0.709. The number of carbonyl (C=O) groups excluding carboxylic acids is 1. The van der Waals surface area contributed by atoms with Crippen molar-refractivity contribution in [1.82, 2.24) is 4.90 Å². The van der Waals surface area contributed by atoms with E-state index in [1.165, 1.54) is 6.42 Å². The number of hydrogen-bond acceptors (Lipinski definition) is 3. The molecule has 1 heterocycles. The summed E-state index contributed by atoms with van der Waals surface area (Å²) in [5.74, 6) is 2.91. The zero-order valence-corrected chi connectivity index (χ0v) is 15.5. The van der Waals surface area contributed by atoms with Crippen LogP contribution in [0.2, 0.25) is 0 Å². The molecule has 3 aliphatic rings. The first kappa shape index (κ1) is 18.9. The molecule has 0 aromatic carbocycles. The fraction of sp³-hybridized carbons (Fsp3) is 0.947. The van der Waals surface area contributed by atoms with E-state index < -0.39 is 18.9 Å². The molecular formula is C19H31F2NO3. The van der Waals surface area contributed by atoms with Crippen molar-refractivity contribution in [3.8, 4) is 0 Å². The van der Waals surface area contributed by atoms with Gasteiger partial charge in [-0.15, -0.1) is 0 Å². The first-order valence-corrected chi connectivity index (χ1v) is 9.73. The molecule has 3 fully saturated rings. The molecule has 6 heteroatoms. The molecule has 7 atom stereocenters. The lowest BCUT2D eigenvalue weighted by atomic mass is 9.97. The topological polar surface area (TPSA) is 38.8 Å². The van der Waals surface area contributed by atoms with Crippen LogP contribution in [0, 0.1) is 23.7 Å². The van der Waals surface area contributed by atoms with Crippen molar-refractivity contribution in [3.63, 3.8) is 0 Å². The van der Waals surface area contributed by atoms with E-state index in [1.54, 1.807) is 4.90 Å². The van der Waals surface area contributed by atoms with Crippen LogP contribution in [0.5, 0.6) is 0 Å². The van der Waals surface area contributed by atoms with Gasteiger partial charge in [0, 0.05) is 12.5 Å². The Morgan fingerprint density at radius 2 is 1.92 bits per heavy atom. The summed E-state index contributed by atoms with van der Waals surface area (Å²) in [5, 5.41) is 0. The molecule has 0 spiro atoms. The Morgan fingerprint density at radius 3 is 2.60 bits per heavy atom. The lowest BCUT2D eigenvalue weighted by Crippen LogP contribution is -2.44. The van der Waals surface area contributed by atoms with E-state index in [9.17, 15) is 13.6 Å². The molecule has 2 aliphatic carbocycles. The molecule has 2 saturated carbocycles. The normalized spacial score (nSPS) is 40.2. The van der Waals surface area contributed by atoms with Crippen LogP contribution in [-0.4, -0.2) is 48.8 Å². The minimum absolute atomic E-state index is 0.0246. The van der Waals surface area contributed by atoms with E-state index in [1.807, 2.05) is 6.92 Å². The molecule has 1 aliphatic heterocycles. The number of ether oxygens (including phenoxy) is 2. The van der Waals surface area contributed by atoms with E-state index in [-0.39, 0.29) is 18.7 Å². The van der Waals surface area contributed by atoms with Crippen molar-refractivity contribution < 1.29 is 23.0 Å². The third-order valence-electron chi connectivity index (χ3n) is 6.59. The summed E-state index contributed by atoms with van der Waals surface area (Å²) in [6, 6.07) is 0.0326. The molecule has 4 nitrogen and oxygen atoms in total. The fourth-order valence-corrected chi connectivity index (χ4v) is 4.97. The standard InChI is InChI=1S/C19H31F2NO3/c1-11-8-12(2)22(19(23)24-7-6-18(20)21)17(11)10-25-14-4-5-15-13(3)16(15)9-14/h11-18H,4-10H2,1-3H3/t11-,12+,13?,14-,15?,16?,17-/m0/s1. The summed E-state index contributed by atoms with van der Waals surface area (Å²) in [7, 11) is 0. The van der Waals surface area contributed by atoms with Crippen LogP contribution in [-0.2, 0) is 9.47 Å². The number of hydrogen-bond donors (Lipinski definition) is 0. The molecule has 0 N–H and O–H groups in total. The third kappa shape index (κ3) is 4.26. The van der Waals surface area contributed by atoms with Crippen LogP contribution < -0.4 is 0 Å². The first-order chi connectivity index (χ1) is 11.9. The predicted molar refractivity (Wildman–Crippen MR) is 90.6 cm³/mol. The molecule has 3 rings (SSSR count). The molecule has 3 unspecified atom stereocenters. The minimum atomic E-state index is -2.44. The Balaban J connectivity index is 1.50. The van der Waals surface area contributed by atoms with Gasteiger partial charge in [-0.1, -0.05) is 13.8 Å². The van der Waals surface area contributed by atoms with Crippen molar-refractivity contribution in [1.29, 1.82) is 0 Å². The van der Waals surface area contributed by atoms with E-state index in [0.29, 0.717) is 18.6 Å². The minimum Gasteiger partial charge on any atom is -0.449 e. The van der Waals surface area contributed by atoms with Crippen LogP contribution in [0.4, 0.5) is 13.6 Å². The van der Waals surface area contributed by atoms with Crippen molar-refractivity contribution in [3.05, 3.63) is 0 Å². The van der Waals surface area contributed by atoms with E-state index in [2.05, 4.69) is 13.8 Å². The van der Waals surface area contributed by atoms with Gasteiger partial charge in [-0.2, -0.15) is 0 Å². The van der Waals surface area contributed by atoms with Gasteiger partial charge < -0.3 is 9.47 Å². The van der Waals surface area contributed by atoms with Gasteiger partial charge in [0.15, 0.2) is 0 Å². The van der Waals surface area contributed by atoms with Gasteiger partial charge in [0.2, 0.25) is 6.43 Å². The SMILES string of the molecule is CC1C2CC[C@H](OC[C@H]3[C@@H](C)C[C@@H](C)N3C(=O)OCCC(F)F)CC12. The Kier molecular flexibility index (Phi) is 5.86. The van der Waals surface area contributed by atoms with Crippen LogP contribution in [0.1, 0.15) is 52.9 Å². The molecule has 1 amide bonds. The highest BCUT2D eigenvalue weighted by Gasteiger charge is 2.50. The fourth-order valence-electron chi connectivity index (χ4n) is 4.97. The predicted octanol–water partition coefficient (Wildman–Crippen LogP) is 4.33. The molecule has 1 saturated heterocycles. The Labute approximate surface area is 149 Å². The number of alkyl halides is 2. The van der Waals surface area contributed by atoms with Gasteiger partial charge in [0.05, 0.1) is 25.4 Å². The van der Waals surface area contributed by atoms with Gasteiger partial charge in [0.25, 0.3) is 0 Å². The average molecular weight is 359 g/mol. The highest BCUT2D eigenvalue weighted by molar-refractivity contribution is 5.69. The Hall–Kier alpha value is -0.910. The van der Waals surface area contributed by atoms with Gasteiger partial charge in [0.1, 0.15) is 0 Å². The number of likely N-dealkylation sites (tertiary alicyclic amines) is 1. The summed E-state index contributed by atoms with van der Waals surface area (Å²) in [6.07, 6.45) is 1.37. The zero-order chi connectivity index (χ0) is 18.1. The summed E-state index contributed by atoms with van der Waals surface area (Å²) in [5.41, 5.74) is 0. The average Bonchev–Trinajstić information content (AvgIpc) is 3.09. The van der Waals surface area contributed by atoms with Gasteiger partial charge in [-0.05, 0) is 56.3 Å². The van der Waals surface area contributed by atoms with E-state index >= 15 is 0 Å². The number of carbonyl (C=O) groups is 1. The summed E-state index contributed by atoms with van der Waals surface area (Å²) in [6.45, 7) is 6.73. The lowest BCUT2D eigenvalue weighted by Gasteiger charge is -2.31. The monoisotopic (exact) mass is 359 g/mol. The van der Waals surface area contributed by atoms with Crippen molar-refractivity contribution >= 4 is 6.09 Å². The second-order valence-electron chi connectivity index (χ2n) is 8.29. The van der Waals surface area contributed by atoms with E-state index in [0.717, 1.165) is 37.0 Å². The maximum Gasteiger partial charge on any atom is 0.410 e. The maximum absolute atomic E-state index is 12.3. The number of rotatable bonds is 6. The highest BCUT2D eigenvalue weighted by atomic mass is 19.3. The van der Waals surface area contributed by atoms with Crippen LogP contribution in [0.15, 0.2) is 0 Å². The number of nitrogens with zero attached hydrogens (tertiary/aromatic N) is 1. The van der Waals surface area contributed by atoms with Crippen LogP contribution in [0.3, 0.4) is 0 Å². The molecule has 0 bridgehead atoms. The molecule has 0 radical (unpaired) electrons. The highest BCUT2D eigenvalue weighted by Crippen LogP contribution is 2.55. The van der Waals surface area contributed by atoms with Gasteiger partial charge in [-0.25, -0.2) is 13.6 Å². The van der Waals surface area contributed by atoms with Crippen molar-refractivity contribution in [2.45, 2.75) is 77.5 Å². The second-order valence-corrected chi connectivity index (χ2v) is 8.29. The third-order valence-corrected chi connectivity index (χ3v) is 6.59. The summed E-state index contributed by atoms with van der Waals surface area (Å²) >= 11 is 0. The lowest BCUT2D eigenvalue weighted by molar-refractivity contribution is -0.0143. The van der Waals surface area contributed by atoms with Crippen LogP contribution in [0.25, 0.3) is 0 Å². The second kappa shape index (κ2) is 7.77. The zero-order valence-electron chi connectivity index (χ0n) is 15.5. The summed E-state index contributed by atoms with van der Waals surface area (Å²) < 4.78 is 35.7.